The molecule has 3 rings (SSSR count). The highest BCUT2D eigenvalue weighted by Gasteiger charge is 2.43. The van der Waals surface area contributed by atoms with Crippen molar-refractivity contribution in [2.24, 2.45) is 5.41 Å². The number of nitrogens with zero attached hydrogens (tertiary/aromatic N) is 1. The monoisotopic (exact) mass is 254 g/mol. The second kappa shape index (κ2) is 5.45. The summed E-state index contributed by atoms with van der Waals surface area (Å²) in [6.45, 7) is 6.49. The van der Waals surface area contributed by atoms with Gasteiger partial charge in [0.15, 0.2) is 0 Å². The van der Waals surface area contributed by atoms with E-state index < -0.39 is 0 Å². The molecule has 4 nitrogen and oxygen atoms in total. The van der Waals surface area contributed by atoms with Crippen LogP contribution in [0.3, 0.4) is 0 Å². The van der Waals surface area contributed by atoms with Crippen molar-refractivity contribution in [3.8, 4) is 0 Å². The Labute approximate surface area is 110 Å². The van der Waals surface area contributed by atoms with Crippen molar-refractivity contribution >= 4 is 0 Å². The molecule has 0 aromatic rings. The molecule has 0 aromatic heterocycles. The fourth-order valence-corrected chi connectivity index (χ4v) is 3.31. The second-order valence-electron chi connectivity index (χ2n) is 6.44. The zero-order chi connectivity index (χ0) is 12.4. The third kappa shape index (κ3) is 2.72. The van der Waals surface area contributed by atoms with Gasteiger partial charge in [0.2, 0.25) is 0 Å². The predicted octanol–water partition coefficient (Wildman–Crippen LogP) is 1.91. The van der Waals surface area contributed by atoms with E-state index in [1.165, 1.54) is 51.6 Å². The van der Waals surface area contributed by atoms with Crippen LogP contribution < -0.4 is 5.48 Å². The van der Waals surface area contributed by atoms with Gasteiger partial charge in [-0.3, -0.25) is 4.84 Å². The van der Waals surface area contributed by atoms with E-state index >= 15 is 0 Å². The molecule has 0 spiro atoms. The van der Waals surface area contributed by atoms with E-state index in [9.17, 15) is 0 Å². The lowest BCUT2D eigenvalue weighted by molar-refractivity contribution is -0.247. The Kier molecular flexibility index (Phi) is 3.89. The number of hydrogen-bond acceptors (Lipinski definition) is 4. The van der Waals surface area contributed by atoms with Crippen LogP contribution in [0, 0.1) is 5.41 Å². The summed E-state index contributed by atoms with van der Waals surface area (Å²) in [7, 11) is 0. The molecule has 3 fully saturated rings. The van der Waals surface area contributed by atoms with Crippen LogP contribution in [0.25, 0.3) is 0 Å². The SMILES string of the molecule is CC1(C2NOC[C@@H](CN3CCCCC3)O2)CCC1. The largest absolute Gasteiger partial charge is 0.354 e. The lowest BCUT2D eigenvalue weighted by Gasteiger charge is -2.48. The topological polar surface area (TPSA) is 33.7 Å². The van der Waals surface area contributed by atoms with Gasteiger partial charge >= 0.3 is 0 Å². The average Bonchev–Trinajstić information content (AvgIpc) is 2.37. The third-order valence-electron chi connectivity index (χ3n) is 4.83. The van der Waals surface area contributed by atoms with Gasteiger partial charge in [0, 0.05) is 12.0 Å². The number of nitrogens with one attached hydrogen (secondary N) is 1. The van der Waals surface area contributed by atoms with Crippen LogP contribution in [0.15, 0.2) is 0 Å². The van der Waals surface area contributed by atoms with Crippen LogP contribution in [-0.2, 0) is 9.57 Å². The summed E-state index contributed by atoms with van der Waals surface area (Å²) in [6.07, 6.45) is 8.24. The van der Waals surface area contributed by atoms with Gasteiger partial charge in [-0.1, -0.05) is 19.8 Å². The van der Waals surface area contributed by atoms with Gasteiger partial charge in [0.05, 0.1) is 12.7 Å². The smallest absolute Gasteiger partial charge is 0.136 e. The minimum atomic E-state index is 0.0924. The third-order valence-corrected chi connectivity index (χ3v) is 4.83. The van der Waals surface area contributed by atoms with E-state index in [0.29, 0.717) is 12.0 Å². The normalized spacial score (nSPS) is 37.2. The van der Waals surface area contributed by atoms with E-state index in [2.05, 4.69) is 17.3 Å². The first-order valence-corrected chi connectivity index (χ1v) is 7.51. The summed E-state index contributed by atoms with van der Waals surface area (Å²) < 4.78 is 6.22. The van der Waals surface area contributed by atoms with Gasteiger partial charge in [-0.25, -0.2) is 0 Å². The van der Waals surface area contributed by atoms with Crippen molar-refractivity contribution in [1.29, 1.82) is 0 Å². The first kappa shape index (κ1) is 12.9. The van der Waals surface area contributed by atoms with E-state index in [-0.39, 0.29) is 12.3 Å². The lowest BCUT2D eigenvalue weighted by Crippen LogP contribution is -2.57. The van der Waals surface area contributed by atoms with E-state index in [1.54, 1.807) is 0 Å². The molecule has 2 saturated heterocycles. The van der Waals surface area contributed by atoms with Crippen molar-refractivity contribution in [2.75, 3.05) is 26.2 Å². The molecule has 1 unspecified atom stereocenters. The fourth-order valence-electron chi connectivity index (χ4n) is 3.31. The predicted molar refractivity (Wildman–Crippen MR) is 70.0 cm³/mol. The average molecular weight is 254 g/mol. The second-order valence-corrected chi connectivity index (χ2v) is 6.44. The number of ether oxygens (including phenoxy) is 1. The Hall–Kier alpha value is -0.160. The molecule has 2 aliphatic heterocycles. The Bertz CT molecular complexity index is 275. The Morgan fingerprint density at radius 3 is 2.61 bits per heavy atom. The van der Waals surface area contributed by atoms with Crippen LogP contribution in [-0.4, -0.2) is 43.5 Å². The molecule has 0 amide bonds. The molecular formula is C14H26N2O2. The molecule has 1 aliphatic carbocycles. The molecule has 1 N–H and O–H groups in total. The molecule has 0 radical (unpaired) electrons. The highest BCUT2D eigenvalue weighted by Crippen LogP contribution is 2.44. The summed E-state index contributed by atoms with van der Waals surface area (Å²) >= 11 is 0. The number of piperidine rings is 1. The molecule has 1 saturated carbocycles. The van der Waals surface area contributed by atoms with Crippen molar-refractivity contribution in [2.45, 2.75) is 57.8 Å². The fraction of sp³-hybridized carbons (Fsp3) is 1.00. The van der Waals surface area contributed by atoms with Crippen LogP contribution in [0.5, 0.6) is 0 Å². The summed E-state index contributed by atoms with van der Waals surface area (Å²) in [5, 5.41) is 0. The molecule has 0 aromatic carbocycles. The van der Waals surface area contributed by atoms with Gasteiger partial charge < -0.3 is 9.64 Å². The Morgan fingerprint density at radius 1 is 1.17 bits per heavy atom. The molecule has 4 heteroatoms. The lowest BCUT2D eigenvalue weighted by atomic mass is 9.69. The Morgan fingerprint density at radius 2 is 1.94 bits per heavy atom. The number of likely N-dealkylation sites (tertiary alicyclic amines) is 1. The molecule has 0 bridgehead atoms. The van der Waals surface area contributed by atoms with E-state index in [1.807, 2.05) is 0 Å². The van der Waals surface area contributed by atoms with Crippen LogP contribution in [0.2, 0.25) is 0 Å². The Balaban J connectivity index is 1.50. The maximum atomic E-state index is 6.22. The quantitative estimate of drug-likeness (QED) is 0.834. The highest BCUT2D eigenvalue weighted by atomic mass is 16.7. The number of hydroxylamine groups is 1. The first-order valence-electron chi connectivity index (χ1n) is 7.51. The maximum Gasteiger partial charge on any atom is 0.136 e. The molecule has 18 heavy (non-hydrogen) atoms. The van der Waals surface area contributed by atoms with E-state index in [4.69, 9.17) is 9.57 Å². The molecule has 2 heterocycles. The molecule has 3 aliphatic rings. The van der Waals surface area contributed by atoms with Gasteiger partial charge in [-0.15, -0.1) is 0 Å². The highest BCUT2D eigenvalue weighted by molar-refractivity contribution is 4.90. The number of rotatable bonds is 3. The van der Waals surface area contributed by atoms with Crippen molar-refractivity contribution < 1.29 is 9.57 Å². The molecule has 2 atom stereocenters. The standard InChI is InChI=1S/C14H26N2O2/c1-14(6-5-7-14)13-15-17-11-12(18-13)10-16-8-3-2-4-9-16/h12-13,15H,2-11H2,1H3/t12-,13?/m1/s1. The van der Waals surface area contributed by atoms with Crippen molar-refractivity contribution in [1.82, 2.24) is 10.4 Å². The summed E-state index contributed by atoms with van der Waals surface area (Å²) in [5.74, 6) is 0. The number of hydrogen-bond donors (Lipinski definition) is 1. The summed E-state index contributed by atoms with van der Waals surface area (Å²) in [6, 6.07) is 0. The summed E-state index contributed by atoms with van der Waals surface area (Å²) in [4.78, 5) is 8.09. The minimum absolute atomic E-state index is 0.0924. The van der Waals surface area contributed by atoms with E-state index in [0.717, 1.165) is 6.54 Å². The van der Waals surface area contributed by atoms with Crippen LogP contribution >= 0.6 is 0 Å². The van der Waals surface area contributed by atoms with Crippen molar-refractivity contribution in [3.05, 3.63) is 0 Å². The van der Waals surface area contributed by atoms with Crippen LogP contribution in [0.1, 0.15) is 45.4 Å². The first-order chi connectivity index (χ1) is 8.76. The van der Waals surface area contributed by atoms with Crippen molar-refractivity contribution in [3.63, 3.8) is 0 Å². The van der Waals surface area contributed by atoms with Gasteiger partial charge in [-0.05, 0) is 38.8 Å². The molecule has 104 valence electrons. The minimum Gasteiger partial charge on any atom is -0.354 e. The zero-order valence-corrected chi connectivity index (χ0v) is 11.5. The molecular weight excluding hydrogens is 228 g/mol. The maximum absolute atomic E-state index is 6.22. The summed E-state index contributed by atoms with van der Waals surface area (Å²) in [5.41, 5.74) is 3.38. The van der Waals surface area contributed by atoms with Gasteiger partial charge in [0.1, 0.15) is 6.23 Å². The van der Waals surface area contributed by atoms with Gasteiger partial charge in [-0.2, -0.15) is 5.48 Å². The zero-order valence-electron chi connectivity index (χ0n) is 11.5. The van der Waals surface area contributed by atoms with Crippen LogP contribution in [0.4, 0.5) is 0 Å². The van der Waals surface area contributed by atoms with Gasteiger partial charge in [0.25, 0.3) is 0 Å².